The van der Waals surface area contributed by atoms with Crippen LogP contribution in [-0.2, 0) is 14.3 Å². The van der Waals surface area contributed by atoms with Gasteiger partial charge >= 0.3 is 11.8 Å². The second kappa shape index (κ2) is 10.6. The largest absolute Gasteiger partial charge is 0.378 e. The maximum absolute atomic E-state index is 12.4. The average molecular weight is 404 g/mol. The van der Waals surface area contributed by atoms with Crippen LogP contribution in [0.25, 0.3) is 0 Å². The molecule has 1 heterocycles. The van der Waals surface area contributed by atoms with E-state index in [2.05, 4.69) is 39.8 Å². The molecule has 1 atom stereocenters. The molecule has 1 saturated heterocycles. The van der Waals surface area contributed by atoms with Crippen molar-refractivity contribution in [3.8, 4) is 0 Å². The number of nitrogens with zero attached hydrogens (tertiary/aromatic N) is 1. The number of ether oxygens (including phenoxy) is 1. The van der Waals surface area contributed by atoms with Gasteiger partial charge in [0.25, 0.3) is 0 Å². The summed E-state index contributed by atoms with van der Waals surface area (Å²) in [6.07, 6.45) is 5.40. The number of amides is 2. The first-order chi connectivity index (χ1) is 14.0. The number of rotatable bonds is 6. The maximum Gasteiger partial charge on any atom is 0.309 e. The van der Waals surface area contributed by atoms with E-state index in [1.165, 1.54) is 16.9 Å². The van der Waals surface area contributed by atoms with Crippen LogP contribution in [0.15, 0.2) is 24.3 Å². The fraction of sp³-hybridized carbons (Fsp3) is 0.636. The topological polar surface area (TPSA) is 75.1 Å². The SMILES string of the molecule is CN(C)c1ccc([C@@H](CNC(=O)C(=O)NC2CCCCC2)[NH+]2CCOCC2)cc1. The third-order valence-corrected chi connectivity index (χ3v) is 6.05. The lowest BCUT2D eigenvalue weighted by molar-refractivity contribution is -0.937. The van der Waals surface area contributed by atoms with Crippen LogP contribution in [0.3, 0.4) is 0 Å². The van der Waals surface area contributed by atoms with Gasteiger partial charge in [-0.25, -0.2) is 0 Å². The lowest BCUT2D eigenvalue weighted by Crippen LogP contribution is -3.15. The van der Waals surface area contributed by atoms with Crippen molar-refractivity contribution in [3.05, 3.63) is 29.8 Å². The molecule has 3 rings (SSSR count). The summed E-state index contributed by atoms with van der Waals surface area (Å²) < 4.78 is 5.51. The van der Waals surface area contributed by atoms with Crippen molar-refractivity contribution in [3.63, 3.8) is 0 Å². The van der Waals surface area contributed by atoms with Crippen LogP contribution in [0.5, 0.6) is 0 Å². The summed E-state index contributed by atoms with van der Waals surface area (Å²) in [6.45, 7) is 3.66. The number of nitrogens with one attached hydrogen (secondary N) is 3. The Morgan fingerprint density at radius 3 is 2.34 bits per heavy atom. The van der Waals surface area contributed by atoms with Gasteiger partial charge in [0.2, 0.25) is 0 Å². The molecule has 1 aliphatic heterocycles. The Balaban J connectivity index is 1.61. The first kappa shape index (κ1) is 21.6. The lowest BCUT2D eigenvalue weighted by Gasteiger charge is -2.32. The van der Waals surface area contributed by atoms with Gasteiger partial charge in [-0.2, -0.15) is 0 Å². The van der Waals surface area contributed by atoms with Gasteiger partial charge in [-0.15, -0.1) is 0 Å². The Kier molecular flexibility index (Phi) is 7.89. The van der Waals surface area contributed by atoms with Crippen LogP contribution < -0.4 is 20.4 Å². The average Bonchev–Trinajstić information content (AvgIpc) is 2.75. The normalized spacial score (nSPS) is 19.4. The Bertz CT molecular complexity index is 665. The molecule has 2 fully saturated rings. The van der Waals surface area contributed by atoms with Crippen molar-refractivity contribution in [1.29, 1.82) is 0 Å². The van der Waals surface area contributed by atoms with Gasteiger partial charge < -0.3 is 25.2 Å². The Morgan fingerprint density at radius 2 is 1.72 bits per heavy atom. The van der Waals surface area contributed by atoms with Gasteiger partial charge in [0.05, 0.1) is 19.8 Å². The highest BCUT2D eigenvalue weighted by Crippen LogP contribution is 2.18. The Morgan fingerprint density at radius 1 is 1.07 bits per heavy atom. The van der Waals surface area contributed by atoms with E-state index in [1.807, 2.05) is 14.1 Å². The molecule has 0 aromatic heterocycles. The summed E-state index contributed by atoms with van der Waals surface area (Å²) in [6, 6.07) is 8.68. The minimum atomic E-state index is -0.529. The zero-order valence-electron chi connectivity index (χ0n) is 17.7. The van der Waals surface area contributed by atoms with E-state index in [4.69, 9.17) is 4.74 Å². The number of hydrogen-bond donors (Lipinski definition) is 3. The maximum atomic E-state index is 12.4. The van der Waals surface area contributed by atoms with E-state index >= 15 is 0 Å². The number of anilines is 1. The standard InChI is InChI=1S/C22H34N4O3/c1-25(2)19-10-8-17(9-11-19)20(26-12-14-29-15-13-26)16-23-21(27)22(28)24-18-6-4-3-5-7-18/h8-11,18,20H,3-7,12-16H2,1-2H3,(H,23,27)(H,24,28)/p+1/t20-/m1/s1. The molecule has 0 spiro atoms. The van der Waals surface area contributed by atoms with Crippen LogP contribution in [-0.4, -0.2) is 64.8 Å². The molecule has 3 N–H and O–H groups in total. The van der Waals surface area contributed by atoms with Crippen molar-refractivity contribution in [2.45, 2.75) is 44.2 Å². The van der Waals surface area contributed by atoms with Crippen molar-refractivity contribution in [1.82, 2.24) is 10.6 Å². The second-order valence-corrected chi connectivity index (χ2v) is 8.33. The van der Waals surface area contributed by atoms with Gasteiger partial charge in [0, 0.05) is 31.4 Å². The molecular weight excluding hydrogens is 368 g/mol. The second-order valence-electron chi connectivity index (χ2n) is 8.33. The minimum absolute atomic E-state index is 0.0987. The number of carbonyl (C=O) groups is 2. The van der Waals surface area contributed by atoms with Gasteiger partial charge in [0.1, 0.15) is 19.1 Å². The van der Waals surface area contributed by atoms with Crippen molar-refractivity contribution < 1.29 is 19.2 Å². The number of carbonyl (C=O) groups excluding carboxylic acids is 2. The van der Waals surface area contributed by atoms with Crippen molar-refractivity contribution in [2.24, 2.45) is 0 Å². The molecule has 1 aromatic carbocycles. The molecule has 1 saturated carbocycles. The predicted molar refractivity (Wildman–Crippen MR) is 113 cm³/mol. The van der Waals surface area contributed by atoms with E-state index in [0.717, 1.165) is 57.7 Å². The smallest absolute Gasteiger partial charge is 0.309 e. The number of quaternary nitrogens is 1. The minimum Gasteiger partial charge on any atom is -0.378 e. The van der Waals surface area contributed by atoms with E-state index in [0.29, 0.717) is 6.54 Å². The summed E-state index contributed by atoms with van der Waals surface area (Å²) >= 11 is 0. The third-order valence-electron chi connectivity index (χ3n) is 6.05. The molecule has 0 unspecified atom stereocenters. The summed E-state index contributed by atoms with van der Waals surface area (Å²) in [5.74, 6) is -1.03. The van der Waals surface area contributed by atoms with Crippen LogP contribution in [0.1, 0.15) is 43.7 Å². The van der Waals surface area contributed by atoms with Crippen molar-refractivity contribution in [2.75, 3.05) is 51.8 Å². The first-order valence-electron chi connectivity index (χ1n) is 10.8. The van der Waals surface area contributed by atoms with Crippen LogP contribution >= 0.6 is 0 Å². The lowest BCUT2D eigenvalue weighted by atomic mass is 9.95. The van der Waals surface area contributed by atoms with Gasteiger partial charge in [0.15, 0.2) is 0 Å². The van der Waals surface area contributed by atoms with E-state index in [9.17, 15) is 9.59 Å². The summed E-state index contributed by atoms with van der Waals surface area (Å²) in [4.78, 5) is 28.2. The highest BCUT2D eigenvalue weighted by Gasteiger charge is 2.28. The molecule has 2 amide bonds. The number of hydrogen-bond acceptors (Lipinski definition) is 4. The quantitative estimate of drug-likeness (QED) is 0.597. The molecule has 2 aliphatic rings. The monoisotopic (exact) mass is 403 g/mol. The fourth-order valence-corrected chi connectivity index (χ4v) is 4.26. The summed E-state index contributed by atoms with van der Waals surface area (Å²) in [5, 5.41) is 5.78. The van der Waals surface area contributed by atoms with Crippen LogP contribution in [0.2, 0.25) is 0 Å². The van der Waals surface area contributed by atoms with E-state index < -0.39 is 11.8 Å². The zero-order chi connectivity index (χ0) is 20.6. The molecule has 0 bridgehead atoms. The van der Waals surface area contributed by atoms with Gasteiger partial charge in [-0.05, 0) is 25.0 Å². The first-order valence-corrected chi connectivity index (χ1v) is 10.8. The van der Waals surface area contributed by atoms with E-state index in [-0.39, 0.29) is 12.1 Å². The van der Waals surface area contributed by atoms with Crippen LogP contribution in [0.4, 0.5) is 5.69 Å². The highest BCUT2D eigenvalue weighted by atomic mass is 16.5. The van der Waals surface area contributed by atoms with Gasteiger partial charge in [-0.3, -0.25) is 9.59 Å². The summed E-state index contributed by atoms with van der Waals surface area (Å²) in [5.41, 5.74) is 2.31. The molecule has 29 heavy (non-hydrogen) atoms. The molecule has 7 heteroatoms. The van der Waals surface area contributed by atoms with E-state index in [1.54, 1.807) is 0 Å². The molecule has 7 nitrogen and oxygen atoms in total. The number of benzene rings is 1. The fourth-order valence-electron chi connectivity index (χ4n) is 4.26. The summed E-state index contributed by atoms with van der Waals surface area (Å²) in [7, 11) is 4.04. The Hall–Kier alpha value is -2.12. The predicted octanol–water partition coefficient (Wildman–Crippen LogP) is 0.274. The highest BCUT2D eigenvalue weighted by molar-refractivity contribution is 6.35. The number of morpholine rings is 1. The molecule has 1 aromatic rings. The molecule has 0 radical (unpaired) electrons. The molecule has 160 valence electrons. The Labute approximate surface area is 173 Å². The van der Waals surface area contributed by atoms with Gasteiger partial charge in [-0.1, -0.05) is 31.4 Å². The zero-order valence-corrected chi connectivity index (χ0v) is 17.7. The molecule has 1 aliphatic carbocycles. The van der Waals surface area contributed by atoms with Crippen LogP contribution in [0, 0.1) is 0 Å². The van der Waals surface area contributed by atoms with Crippen molar-refractivity contribution >= 4 is 17.5 Å². The third kappa shape index (κ3) is 6.18. The molecular formula is C22H35N4O3+.